The molecule has 0 unspecified atom stereocenters. The van der Waals surface area contributed by atoms with E-state index in [1.54, 1.807) is 18.2 Å². The zero-order valence-electron chi connectivity index (χ0n) is 24.5. The summed E-state index contributed by atoms with van der Waals surface area (Å²) >= 11 is 0. The van der Waals surface area contributed by atoms with Crippen LogP contribution in [-0.4, -0.2) is 71.8 Å². The Bertz CT molecular complexity index is 1820. The molecule has 2 N–H and O–H groups in total. The molecule has 2 aliphatic rings. The predicted molar refractivity (Wildman–Crippen MR) is 159 cm³/mol. The number of carbonyl (C=O) groups is 1. The number of hydrogen-bond acceptors (Lipinski definition) is 7. The molecule has 2 atom stereocenters. The lowest BCUT2D eigenvalue weighted by Crippen LogP contribution is -2.51. The maximum absolute atomic E-state index is 13.8. The summed E-state index contributed by atoms with van der Waals surface area (Å²) in [6.07, 6.45) is 4.66. The van der Waals surface area contributed by atoms with E-state index in [0.29, 0.717) is 52.0 Å². The average molecular weight is 616 g/mol. The van der Waals surface area contributed by atoms with Crippen LogP contribution in [0.4, 0.5) is 14.6 Å². The van der Waals surface area contributed by atoms with E-state index in [0.717, 1.165) is 44.2 Å². The number of amides is 1. The maximum atomic E-state index is 13.8. The fourth-order valence-corrected chi connectivity index (χ4v) is 6.62. The highest BCUT2D eigenvalue weighted by Crippen LogP contribution is 2.38. The van der Waals surface area contributed by atoms with E-state index < -0.39 is 16.6 Å². The topological polar surface area (TPSA) is 123 Å². The number of halogens is 2. The Balaban J connectivity index is 1.45. The van der Waals surface area contributed by atoms with E-state index >= 15 is 0 Å². The third-order valence-corrected chi connectivity index (χ3v) is 9.40. The van der Waals surface area contributed by atoms with Gasteiger partial charge in [0, 0.05) is 35.6 Å². The molecule has 0 bridgehead atoms. The van der Waals surface area contributed by atoms with Gasteiger partial charge >= 0.3 is 6.55 Å². The van der Waals surface area contributed by atoms with E-state index in [-0.39, 0.29) is 28.1 Å². The van der Waals surface area contributed by atoms with Crippen LogP contribution in [0.5, 0.6) is 5.88 Å². The molecule has 5 heterocycles. The minimum Gasteiger partial charge on any atom is -0.482 e. The summed E-state index contributed by atoms with van der Waals surface area (Å²) in [5.41, 5.74) is 3.43. The molecule has 0 aromatic carbocycles. The Morgan fingerprint density at radius 3 is 2.63 bits per heavy atom. The number of nitrogens with one attached hydrogen (secondary N) is 2. The summed E-state index contributed by atoms with van der Waals surface area (Å²) in [4.78, 5) is 22.6. The molecule has 1 amide bonds. The predicted octanol–water partition coefficient (Wildman–Crippen LogP) is 3.94. The molecule has 1 saturated heterocycles. The highest BCUT2D eigenvalue weighted by Gasteiger charge is 2.31. The van der Waals surface area contributed by atoms with Crippen molar-refractivity contribution in [2.75, 3.05) is 24.2 Å². The zero-order valence-corrected chi connectivity index (χ0v) is 25.3. The number of hydrogen-bond donors (Lipinski definition) is 2. The number of pyridine rings is 2. The van der Waals surface area contributed by atoms with Crippen LogP contribution < -0.4 is 19.7 Å². The number of imidazole rings is 1. The van der Waals surface area contributed by atoms with Crippen LogP contribution in [0.25, 0.3) is 28.1 Å². The number of alkyl halides is 2. The molecule has 43 heavy (non-hydrogen) atoms. The van der Waals surface area contributed by atoms with Crippen LogP contribution in [0.1, 0.15) is 48.7 Å². The van der Waals surface area contributed by atoms with E-state index in [1.165, 1.54) is 13.2 Å². The number of sulfonamides is 1. The van der Waals surface area contributed by atoms with E-state index in [9.17, 15) is 22.0 Å². The molecule has 6 rings (SSSR count). The average Bonchev–Trinajstić information content (AvgIpc) is 3.62. The van der Waals surface area contributed by atoms with Gasteiger partial charge < -0.3 is 19.9 Å². The second-order valence-electron chi connectivity index (χ2n) is 11.5. The summed E-state index contributed by atoms with van der Waals surface area (Å²) in [6, 6.07) is 8.37. The van der Waals surface area contributed by atoms with Gasteiger partial charge in [0.25, 0.3) is 5.91 Å². The number of anilines is 1. The summed E-state index contributed by atoms with van der Waals surface area (Å²) in [5.74, 6) is 0.273. The number of aromatic nitrogens is 4. The lowest BCUT2D eigenvalue weighted by atomic mass is 9.99. The first kappa shape index (κ1) is 29.3. The van der Waals surface area contributed by atoms with Gasteiger partial charge in [-0.05, 0) is 76.3 Å². The van der Waals surface area contributed by atoms with E-state index in [2.05, 4.69) is 22.5 Å². The number of piperidine rings is 1. The van der Waals surface area contributed by atoms with Crippen LogP contribution in [0, 0.1) is 12.8 Å². The van der Waals surface area contributed by atoms with Gasteiger partial charge in [-0.15, -0.1) is 0 Å². The van der Waals surface area contributed by atoms with Crippen LogP contribution in [0.3, 0.4) is 0 Å². The Kier molecular flexibility index (Phi) is 7.53. The van der Waals surface area contributed by atoms with Crippen molar-refractivity contribution in [1.82, 2.24) is 29.6 Å². The van der Waals surface area contributed by atoms with Crippen molar-refractivity contribution in [3.05, 3.63) is 41.6 Å². The molecule has 14 heteroatoms. The first-order valence-electron chi connectivity index (χ1n) is 14.4. The molecule has 4 aromatic heterocycles. The lowest BCUT2D eigenvalue weighted by Gasteiger charge is -2.30. The molecular weight excluding hydrogens is 580 g/mol. The van der Waals surface area contributed by atoms with Crippen molar-refractivity contribution in [2.45, 2.75) is 64.7 Å². The number of rotatable bonds is 9. The number of methoxy groups -OCH3 is 1. The van der Waals surface area contributed by atoms with Gasteiger partial charge in [0.2, 0.25) is 10.0 Å². The number of nitrogens with zero attached hydrogens (tertiary/aromatic N) is 5. The zero-order chi connectivity index (χ0) is 30.6. The first-order chi connectivity index (χ1) is 20.5. The molecule has 1 aliphatic heterocycles. The molecule has 230 valence electrons. The van der Waals surface area contributed by atoms with Crippen LogP contribution in [0.2, 0.25) is 0 Å². The van der Waals surface area contributed by atoms with E-state index in [1.807, 2.05) is 22.0 Å². The van der Waals surface area contributed by atoms with Crippen molar-refractivity contribution in [1.29, 1.82) is 0 Å². The van der Waals surface area contributed by atoms with Crippen molar-refractivity contribution in [2.24, 2.45) is 5.92 Å². The van der Waals surface area contributed by atoms with Crippen molar-refractivity contribution in [3.63, 3.8) is 0 Å². The smallest absolute Gasteiger partial charge is 0.329 e. The normalized spacial score (nSPS) is 19.3. The Morgan fingerprint density at radius 1 is 1.21 bits per heavy atom. The lowest BCUT2D eigenvalue weighted by molar-refractivity contribution is 0.0919. The third-order valence-electron chi connectivity index (χ3n) is 8.34. The van der Waals surface area contributed by atoms with Crippen molar-refractivity contribution >= 4 is 38.4 Å². The van der Waals surface area contributed by atoms with E-state index in [4.69, 9.17) is 9.72 Å². The molecule has 0 radical (unpaired) electrons. The van der Waals surface area contributed by atoms with Crippen LogP contribution in [0.15, 0.2) is 30.3 Å². The fraction of sp³-hybridized carbons (Fsp3) is 0.483. The molecule has 0 spiro atoms. The van der Waals surface area contributed by atoms with Gasteiger partial charge in [0.15, 0.2) is 5.88 Å². The quantitative estimate of drug-likeness (QED) is 0.274. The minimum absolute atomic E-state index is 0.0136. The van der Waals surface area contributed by atoms with Gasteiger partial charge in [-0.3, -0.25) is 9.20 Å². The summed E-state index contributed by atoms with van der Waals surface area (Å²) in [5, 5.41) is 7.20. The number of carbonyl (C=O) groups excluding carboxylic acids is 1. The van der Waals surface area contributed by atoms with Crippen LogP contribution in [-0.2, 0) is 16.6 Å². The summed E-state index contributed by atoms with van der Waals surface area (Å²) in [6.45, 7) is 2.19. The highest BCUT2D eigenvalue weighted by atomic mass is 32.2. The van der Waals surface area contributed by atoms with Crippen molar-refractivity contribution in [3.8, 4) is 17.3 Å². The second-order valence-corrected chi connectivity index (χ2v) is 13.4. The molecule has 11 nitrogen and oxygen atoms in total. The standard InChI is InChI=1S/C29H35F2N7O4S/c1-16-21(6-5-11-32-16)33-28(39)20-13-24-34-26(17(2)37(24)25(14-20)42-3)22-12-19-9-10-23(38(29(30)31)43(4,40)41)35-27(19)36(22)15-18-7-8-18/h9-10,12-14,16,18,21,29,32H,5-8,11,15H2,1-4H3,(H,33,39)/t16-,21-/m1/s1. The number of ether oxygens (including phenoxy) is 1. The Morgan fingerprint density at radius 2 is 1.98 bits per heavy atom. The summed E-state index contributed by atoms with van der Waals surface area (Å²) in [7, 11) is -2.73. The Hall–Kier alpha value is -3.78. The second kappa shape index (κ2) is 11.1. The minimum atomic E-state index is -4.26. The van der Waals surface area contributed by atoms with Crippen molar-refractivity contribution < 1.29 is 26.7 Å². The largest absolute Gasteiger partial charge is 0.482 e. The number of aryl methyl sites for hydroxylation is 1. The Labute approximate surface area is 248 Å². The molecule has 2 fully saturated rings. The molecule has 4 aromatic rings. The van der Waals surface area contributed by atoms with Gasteiger partial charge in [0.05, 0.1) is 24.8 Å². The molecule has 1 saturated carbocycles. The summed E-state index contributed by atoms with van der Waals surface area (Å²) < 4.78 is 61.4. The van der Waals surface area contributed by atoms with Gasteiger partial charge in [-0.2, -0.15) is 13.1 Å². The molecule has 1 aliphatic carbocycles. The van der Waals surface area contributed by atoms with Crippen LogP contribution >= 0.6 is 0 Å². The van der Waals surface area contributed by atoms with Gasteiger partial charge in [-0.25, -0.2) is 18.4 Å². The monoisotopic (exact) mass is 615 g/mol. The highest BCUT2D eigenvalue weighted by molar-refractivity contribution is 7.92. The van der Waals surface area contributed by atoms with Gasteiger partial charge in [-0.1, -0.05) is 0 Å². The SMILES string of the molecule is COc1cc(C(=O)N[C@@H]2CCCN[C@@H]2C)cc2nc(-c3cc4ccc(N(C(F)F)S(C)(=O)=O)nc4n3CC3CC3)c(C)n12. The van der Waals surface area contributed by atoms with Gasteiger partial charge in [0.1, 0.15) is 22.8 Å². The maximum Gasteiger partial charge on any atom is 0.329 e. The first-order valence-corrected chi connectivity index (χ1v) is 16.2. The molecular formula is C29H35F2N7O4S. The third kappa shape index (κ3) is 5.53. The number of fused-ring (bicyclic) bond motifs is 2. The fourth-order valence-electron chi connectivity index (χ4n) is 5.89.